The van der Waals surface area contributed by atoms with E-state index in [0.29, 0.717) is 19.6 Å². The summed E-state index contributed by atoms with van der Waals surface area (Å²) in [5.41, 5.74) is 3.20. The molecule has 0 aliphatic carbocycles. The van der Waals surface area contributed by atoms with Crippen LogP contribution in [0.15, 0.2) is 29.6 Å². The Kier molecular flexibility index (Phi) is 6.40. The standard InChI is InChI=1S/C20H27N3O2S/c1-15-3-5-16(6-4-15)19-23-17(12-26-19)11-18(24)22-13-20(14-25-2)7-9-21-10-8-20/h3-6,12,21H,7-11,13-14H2,1-2H3,(H,22,24). The van der Waals surface area contributed by atoms with Crippen LogP contribution in [-0.2, 0) is 16.0 Å². The lowest BCUT2D eigenvalue weighted by molar-refractivity contribution is -0.121. The Morgan fingerprint density at radius 3 is 2.73 bits per heavy atom. The van der Waals surface area contributed by atoms with Crippen molar-refractivity contribution in [3.05, 3.63) is 40.9 Å². The number of piperidine rings is 1. The highest BCUT2D eigenvalue weighted by atomic mass is 32.1. The molecule has 26 heavy (non-hydrogen) atoms. The molecule has 1 fully saturated rings. The second-order valence-corrected chi connectivity index (χ2v) is 8.00. The minimum atomic E-state index is 0.0276. The highest BCUT2D eigenvalue weighted by Crippen LogP contribution is 2.28. The number of carbonyl (C=O) groups excluding carboxylic acids is 1. The zero-order valence-electron chi connectivity index (χ0n) is 15.5. The molecule has 1 aliphatic rings. The number of nitrogens with one attached hydrogen (secondary N) is 2. The van der Waals surface area contributed by atoms with Gasteiger partial charge in [-0.25, -0.2) is 4.98 Å². The van der Waals surface area contributed by atoms with E-state index < -0.39 is 0 Å². The highest BCUT2D eigenvalue weighted by molar-refractivity contribution is 7.13. The maximum absolute atomic E-state index is 12.4. The number of rotatable bonds is 7. The lowest BCUT2D eigenvalue weighted by Crippen LogP contribution is -2.47. The topological polar surface area (TPSA) is 63.2 Å². The van der Waals surface area contributed by atoms with Crippen LogP contribution in [0, 0.1) is 12.3 Å². The monoisotopic (exact) mass is 373 g/mol. The molecular formula is C20H27N3O2S. The summed E-state index contributed by atoms with van der Waals surface area (Å²) in [5.74, 6) is 0.0276. The number of hydrogen-bond donors (Lipinski definition) is 2. The average molecular weight is 374 g/mol. The van der Waals surface area contributed by atoms with Gasteiger partial charge in [0, 0.05) is 30.0 Å². The van der Waals surface area contributed by atoms with Crippen LogP contribution in [0.5, 0.6) is 0 Å². The van der Waals surface area contributed by atoms with Crippen LogP contribution in [0.25, 0.3) is 10.6 Å². The maximum Gasteiger partial charge on any atom is 0.226 e. The summed E-state index contributed by atoms with van der Waals surface area (Å²) in [7, 11) is 1.73. The van der Waals surface area contributed by atoms with E-state index in [4.69, 9.17) is 4.74 Å². The molecule has 1 aliphatic heterocycles. The third-order valence-corrected chi connectivity index (χ3v) is 5.91. The molecule has 1 saturated heterocycles. The van der Waals surface area contributed by atoms with Crippen molar-refractivity contribution in [1.29, 1.82) is 0 Å². The van der Waals surface area contributed by atoms with Gasteiger partial charge in [-0.15, -0.1) is 11.3 Å². The van der Waals surface area contributed by atoms with E-state index >= 15 is 0 Å². The number of hydrogen-bond acceptors (Lipinski definition) is 5. The van der Waals surface area contributed by atoms with E-state index in [9.17, 15) is 4.79 Å². The number of aryl methyl sites for hydroxylation is 1. The smallest absolute Gasteiger partial charge is 0.226 e. The van der Waals surface area contributed by atoms with Crippen molar-refractivity contribution in [3.8, 4) is 10.6 Å². The molecule has 0 atom stereocenters. The van der Waals surface area contributed by atoms with E-state index in [1.54, 1.807) is 18.4 Å². The van der Waals surface area contributed by atoms with Gasteiger partial charge < -0.3 is 15.4 Å². The molecule has 0 radical (unpaired) electrons. The van der Waals surface area contributed by atoms with Gasteiger partial charge >= 0.3 is 0 Å². The van der Waals surface area contributed by atoms with Gasteiger partial charge in [0.05, 0.1) is 18.7 Å². The van der Waals surface area contributed by atoms with Crippen molar-refractivity contribution < 1.29 is 9.53 Å². The molecule has 3 rings (SSSR count). The first-order valence-electron chi connectivity index (χ1n) is 9.08. The first-order chi connectivity index (χ1) is 12.6. The van der Waals surface area contributed by atoms with E-state index in [0.717, 1.165) is 42.2 Å². The molecule has 1 aromatic carbocycles. The molecule has 6 heteroatoms. The number of benzene rings is 1. The predicted octanol–water partition coefficient (Wildman–Crippen LogP) is 2.79. The van der Waals surface area contributed by atoms with Gasteiger partial charge in [0.2, 0.25) is 5.91 Å². The van der Waals surface area contributed by atoms with Crippen LogP contribution in [0.2, 0.25) is 0 Å². The second kappa shape index (κ2) is 8.75. The maximum atomic E-state index is 12.4. The first-order valence-corrected chi connectivity index (χ1v) is 9.96. The molecule has 0 bridgehead atoms. The number of aromatic nitrogens is 1. The largest absolute Gasteiger partial charge is 0.384 e. The summed E-state index contributed by atoms with van der Waals surface area (Å²) < 4.78 is 5.41. The van der Waals surface area contributed by atoms with Gasteiger partial charge in [-0.1, -0.05) is 29.8 Å². The minimum absolute atomic E-state index is 0.0276. The van der Waals surface area contributed by atoms with Crippen LogP contribution in [0.1, 0.15) is 24.1 Å². The van der Waals surface area contributed by atoms with Crippen LogP contribution in [0.3, 0.4) is 0 Å². The third-order valence-electron chi connectivity index (χ3n) is 4.97. The van der Waals surface area contributed by atoms with Crippen molar-refractivity contribution in [1.82, 2.24) is 15.6 Å². The van der Waals surface area contributed by atoms with E-state index in [-0.39, 0.29) is 11.3 Å². The quantitative estimate of drug-likeness (QED) is 0.783. The SMILES string of the molecule is COCC1(CNC(=O)Cc2csc(-c3ccc(C)cc3)n2)CCNCC1. The Labute approximate surface area is 159 Å². The third kappa shape index (κ3) is 4.90. The van der Waals surface area contributed by atoms with Crippen LogP contribution >= 0.6 is 11.3 Å². The normalized spacial score (nSPS) is 16.4. The summed E-state index contributed by atoms with van der Waals surface area (Å²) in [6, 6.07) is 8.31. The second-order valence-electron chi connectivity index (χ2n) is 7.15. The Morgan fingerprint density at radius 2 is 2.04 bits per heavy atom. The van der Waals surface area contributed by atoms with Crippen molar-refractivity contribution in [2.75, 3.05) is 33.4 Å². The minimum Gasteiger partial charge on any atom is -0.384 e. The van der Waals surface area contributed by atoms with Crippen LogP contribution in [-0.4, -0.2) is 44.2 Å². The van der Waals surface area contributed by atoms with Crippen LogP contribution in [0.4, 0.5) is 0 Å². The van der Waals surface area contributed by atoms with Gasteiger partial charge in [-0.2, -0.15) is 0 Å². The van der Waals surface area contributed by atoms with Crippen molar-refractivity contribution >= 4 is 17.2 Å². The van der Waals surface area contributed by atoms with E-state index in [2.05, 4.69) is 46.8 Å². The van der Waals surface area contributed by atoms with Crippen molar-refractivity contribution in [2.24, 2.45) is 5.41 Å². The summed E-state index contributed by atoms with van der Waals surface area (Å²) in [6.07, 6.45) is 2.37. The number of amides is 1. The summed E-state index contributed by atoms with van der Waals surface area (Å²) in [5, 5.41) is 9.41. The van der Waals surface area contributed by atoms with Gasteiger partial charge in [0.1, 0.15) is 5.01 Å². The van der Waals surface area contributed by atoms with Crippen molar-refractivity contribution in [2.45, 2.75) is 26.2 Å². The number of carbonyl (C=O) groups is 1. The number of thiazole rings is 1. The molecule has 0 spiro atoms. The Balaban J connectivity index is 1.55. The number of methoxy groups -OCH3 is 1. The molecule has 2 aromatic rings. The molecule has 5 nitrogen and oxygen atoms in total. The lowest BCUT2D eigenvalue weighted by atomic mass is 9.79. The molecule has 2 heterocycles. The zero-order chi connectivity index (χ0) is 18.4. The Bertz CT molecular complexity index is 715. The fourth-order valence-electron chi connectivity index (χ4n) is 3.37. The van der Waals surface area contributed by atoms with E-state index in [1.807, 2.05) is 5.38 Å². The van der Waals surface area contributed by atoms with Gasteiger partial charge in [0.15, 0.2) is 0 Å². The summed E-state index contributed by atoms with van der Waals surface area (Å²) in [4.78, 5) is 17.0. The van der Waals surface area contributed by atoms with Gasteiger partial charge in [0.25, 0.3) is 0 Å². The summed E-state index contributed by atoms with van der Waals surface area (Å²) in [6.45, 7) is 5.37. The molecule has 1 amide bonds. The van der Waals surface area contributed by atoms with E-state index in [1.165, 1.54) is 5.56 Å². The number of nitrogens with zero attached hydrogens (tertiary/aromatic N) is 1. The fraction of sp³-hybridized carbons (Fsp3) is 0.500. The lowest BCUT2D eigenvalue weighted by Gasteiger charge is -2.37. The van der Waals surface area contributed by atoms with Gasteiger partial charge in [-0.05, 0) is 32.9 Å². The zero-order valence-corrected chi connectivity index (χ0v) is 16.3. The van der Waals surface area contributed by atoms with Crippen LogP contribution < -0.4 is 10.6 Å². The Morgan fingerprint density at radius 1 is 1.31 bits per heavy atom. The first kappa shape index (κ1) is 19.0. The molecule has 1 aromatic heterocycles. The van der Waals surface area contributed by atoms with Gasteiger partial charge in [-0.3, -0.25) is 4.79 Å². The molecule has 140 valence electrons. The number of ether oxygens (including phenoxy) is 1. The highest BCUT2D eigenvalue weighted by Gasteiger charge is 2.32. The molecule has 0 unspecified atom stereocenters. The van der Waals surface area contributed by atoms with Crippen molar-refractivity contribution in [3.63, 3.8) is 0 Å². The predicted molar refractivity (Wildman–Crippen MR) is 105 cm³/mol. The fourth-order valence-corrected chi connectivity index (χ4v) is 4.19. The molecule has 2 N–H and O–H groups in total. The summed E-state index contributed by atoms with van der Waals surface area (Å²) >= 11 is 1.58. The average Bonchev–Trinajstić information content (AvgIpc) is 3.10. The Hall–Kier alpha value is -1.76. The molecular weight excluding hydrogens is 346 g/mol. The molecule has 0 saturated carbocycles.